The van der Waals surface area contributed by atoms with E-state index in [0.29, 0.717) is 5.82 Å². The van der Waals surface area contributed by atoms with Crippen LogP contribution < -0.4 is 21.9 Å². The third-order valence-electron chi connectivity index (χ3n) is 7.13. The lowest BCUT2D eigenvalue weighted by atomic mass is 10.0. The molecule has 0 radical (unpaired) electrons. The minimum absolute atomic E-state index is 0.661. The maximum absolute atomic E-state index is 6.87. The monoisotopic (exact) mass is 464 g/mol. The average Bonchev–Trinajstić information content (AvgIpc) is 3.49. The van der Waals surface area contributed by atoms with Crippen LogP contribution >= 0.6 is 0 Å². The Kier molecular flexibility index (Phi) is 4.42. The van der Waals surface area contributed by atoms with Gasteiger partial charge in [-0.2, -0.15) is 0 Å². The predicted molar refractivity (Wildman–Crippen MR) is 151 cm³/mol. The normalized spacial score (nSPS) is 13.3. The summed E-state index contributed by atoms with van der Waals surface area (Å²) >= 11 is 0. The first-order chi connectivity index (χ1) is 17.7. The van der Waals surface area contributed by atoms with Gasteiger partial charge in [-0.05, 0) is 59.3 Å². The molecule has 0 aliphatic heterocycles. The molecule has 7 rings (SSSR count). The van der Waals surface area contributed by atoms with Gasteiger partial charge in [0, 0.05) is 44.7 Å². The summed E-state index contributed by atoms with van der Waals surface area (Å²) in [7, 11) is 0. The summed E-state index contributed by atoms with van der Waals surface area (Å²) in [6.45, 7) is 0. The molecule has 0 saturated heterocycles. The molecule has 0 amide bonds. The lowest BCUT2D eigenvalue weighted by molar-refractivity contribution is 1.13. The van der Waals surface area contributed by atoms with E-state index >= 15 is 0 Å². The van der Waals surface area contributed by atoms with Crippen LogP contribution in [0.4, 0.5) is 0 Å². The van der Waals surface area contributed by atoms with Crippen LogP contribution in [-0.2, 0) is 0 Å². The lowest BCUT2D eigenvalue weighted by Gasteiger charge is -2.10. The van der Waals surface area contributed by atoms with E-state index in [0.717, 1.165) is 27.2 Å². The number of hydrogen-bond acceptors (Lipinski definition) is 2. The van der Waals surface area contributed by atoms with Gasteiger partial charge in [0.1, 0.15) is 5.82 Å². The highest BCUT2D eigenvalue weighted by atomic mass is 15.1. The summed E-state index contributed by atoms with van der Waals surface area (Å²) in [6, 6.07) is 38.1. The van der Waals surface area contributed by atoms with E-state index in [9.17, 15) is 0 Å². The van der Waals surface area contributed by atoms with Gasteiger partial charge in [-0.25, -0.2) is 0 Å². The van der Waals surface area contributed by atoms with E-state index in [1.165, 1.54) is 32.4 Å². The lowest BCUT2D eigenvalue weighted by Crippen LogP contribution is -2.32. The standard InChI is InChI=1S/C32H24N4/c33-20-22-8-4-5-11-26(22)32(34)36-29-13-7-6-12-27(29)28-17-24-18-30-21(16-23(24)19-31(28)36)14-15-35(30)25-9-2-1-3-10-25/h1-20H,33-34H2/b22-20-,32-26+. The summed E-state index contributed by atoms with van der Waals surface area (Å²) in [5.74, 6) is 0.661. The first kappa shape index (κ1) is 20.4. The molecule has 5 aromatic carbocycles. The Morgan fingerprint density at radius 3 is 2.19 bits per heavy atom. The largest absolute Gasteiger partial charge is 0.404 e. The maximum Gasteiger partial charge on any atom is 0.116 e. The Hall–Kier alpha value is -4.96. The molecular formula is C32H24N4. The van der Waals surface area contributed by atoms with Crippen LogP contribution in [0.25, 0.3) is 61.2 Å². The van der Waals surface area contributed by atoms with Crippen molar-refractivity contribution in [3.05, 3.63) is 126 Å². The number of rotatable bonds is 2. The summed E-state index contributed by atoms with van der Waals surface area (Å²) in [5, 5.41) is 7.74. The predicted octanol–water partition coefficient (Wildman–Crippen LogP) is 5.16. The molecule has 2 aromatic heterocycles. The van der Waals surface area contributed by atoms with E-state index in [-0.39, 0.29) is 0 Å². The highest BCUT2D eigenvalue weighted by molar-refractivity contribution is 6.15. The van der Waals surface area contributed by atoms with Crippen LogP contribution in [-0.4, -0.2) is 9.13 Å². The molecule has 0 fully saturated rings. The topological polar surface area (TPSA) is 61.9 Å². The molecule has 0 unspecified atom stereocenters. The fourth-order valence-electron chi connectivity index (χ4n) is 5.42. The molecule has 4 N–H and O–H groups in total. The summed E-state index contributed by atoms with van der Waals surface area (Å²) in [4.78, 5) is 0. The summed E-state index contributed by atoms with van der Waals surface area (Å²) in [6.07, 6.45) is 3.75. The Labute approximate surface area is 207 Å². The van der Waals surface area contributed by atoms with Crippen LogP contribution in [0.15, 0.2) is 115 Å². The minimum Gasteiger partial charge on any atom is -0.404 e. The molecule has 2 heterocycles. The molecule has 0 saturated carbocycles. The smallest absolute Gasteiger partial charge is 0.116 e. The van der Waals surface area contributed by atoms with Gasteiger partial charge < -0.3 is 16.0 Å². The van der Waals surface area contributed by atoms with E-state index in [4.69, 9.17) is 11.5 Å². The fourth-order valence-corrected chi connectivity index (χ4v) is 5.42. The Morgan fingerprint density at radius 1 is 0.611 bits per heavy atom. The number of hydrogen-bond donors (Lipinski definition) is 2. The highest BCUT2D eigenvalue weighted by Crippen LogP contribution is 2.35. The van der Waals surface area contributed by atoms with Gasteiger partial charge in [-0.1, -0.05) is 60.7 Å². The van der Waals surface area contributed by atoms with Crippen molar-refractivity contribution in [1.82, 2.24) is 9.13 Å². The van der Waals surface area contributed by atoms with E-state index in [1.54, 1.807) is 6.20 Å². The molecule has 0 atom stereocenters. The zero-order chi connectivity index (χ0) is 24.2. The molecule has 0 spiro atoms. The van der Waals surface area contributed by atoms with Crippen molar-refractivity contribution in [3.8, 4) is 5.69 Å². The van der Waals surface area contributed by atoms with Gasteiger partial charge >= 0.3 is 0 Å². The van der Waals surface area contributed by atoms with Crippen molar-refractivity contribution < 1.29 is 0 Å². The molecule has 0 bridgehead atoms. The van der Waals surface area contributed by atoms with Crippen molar-refractivity contribution in [2.75, 3.05) is 0 Å². The molecule has 7 aromatic rings. The number of nitrogens with two attached hydrogens (primary N) is 2. The van der Waals surface area contributed by atoms with Crippen molar-refractivity contribution in [2.24, 2.45) is 11.5 Å². The molecule has 172 valence electrons. The zero-order valence-corrected chi connectivity index (χ0v) is 19.6. The maximum atomic E-state index is 6.87. The first-order valence-corrected chi connectivity index (χ1v) is 12.0. The molecular weight excluding hydrogens is 440 g/mol. The van der Waals surface area contributed by atoms with E-state index < -0.39 is 0 Å². The van der Waals surface area contributed by atoms with Crippen molar-refractivity contribution in [3.63, 3.8) is 0 Å². The second-order valence-electron chi connectivity index (χ2n) is 9.14. The summed E-state index contributed by atoms with van der Waals surface area (Å²) < 4.78 is 4.40. The number of nitrogens with zero attached hydrogens (tertiary/aromatic N) is 2. The van der Waals surface area contributed by atoms with Gasteiger partial charge in [0.05, 0.1) is 16.6 Å². The third-order valence-corrected chi connectivity index (χ3v) is 7.13. The minimum atomic E-state index is 0.661. The van der Waals surface area contributed by atoms with Gasteiger partial charge in [0.25, 0.3) is 0 Å². The van der Waals surface area contributed by atoms with Crippen LogP contribution in [0.3, 0.4) is 0 Å². The number of aromatic nitrogens is 2. The van der Waals surface area contributed by atoms with Crippen LogP contribution in [0.5, 0.6) is 0 Å². The van der Waals surface area contributed by atoms with Gasteiger partial charge in [-0.3, -0.25) is 4.57 Å². The quantitative estimate of drug-likeness (QED) is 0.371. The van der Waals surface area contributed by atoms with Crippen LogP contribution in [0, 0.1) is 0 Å². The Morgan fingerprint density at radius 2 is 1.33 bits per heavy atom. The fraction of sp³-hybridized carbons (Fsp3) is 0. The molecule has 0 aliphatic carbocycles. The third kappa shape index (κ3) is 2.95. The van der Waals surface area contributed by atoms with Crippen molar-refractivity contribution >= 4 is 55.5 Å². The average molecular weight is 465 g/mol. The molecule has 0 aliphatic rings. The Bertz CT molecular complexity index is 2060. The van der Waals surface area contributed by atoms with Crippen LogP contribution in [0.2, 0.25) is 0 Å². The zero-order valence-electron chi connectivity index (χ0n) is 19.6. The van der Waals surface area contributed by atoms with Crippen molar-refractivity contribution in [2.45, 2.75) is 0 Å². The van der Waals surface area contributed by atoms with Gasteiger partial charge in [-0.15, -0.1) is 0 Å². The summed E-state index contributed by atoms with van der Waals surface area (Å²) in [5.41, 5.74) is 17.3. The molecule has 4 heteroatoms. The number of benzene rings is 5. The highest BCUT2D eigenvalue weighted by Gasteiger charge is 2.15. The van der Waals surface area contributed by atoms with Crippen molar-refractivity contribution in [1.29, 1.82) is 0 Å². The van der Waals surface area contributed by atoms with Gasteiger partial charge in [0.15, 0.2) is 0 Å². The Balaban J connectivity index is 1.58. The number of fused-ring (bicyclic) bond motifs is 5. The SMILES string of the molecule is N/C=c1/cccc/c1=C(/N)n1c2ccccc2c2cc3cc4c(ccn4-c4ccccc4)cc3cc21. The van der Waals surface area contributed by atoms with Gasteiger partial charge in [0.2, 0.25) is 0 Å². The number of para-hydroxylation sites is 2. The first-order valence-electron chi connectivity index (χ1n) is 12.0. The van der Waals surface area contributed by atoms with E-state index in [1.807, 2.05) is 30.3 Å². The second-order valence-corrected chi connectivity index (χ2v) is 9.14. The van der Waals surface area contributed by atoms with E-state index in [2.05, 4.69) is 94.2 Å². The molecule has 36 heavy (non-hydrogen) atoms. The second kappa shape index (κ2) is 7.79. The van der Waals surface area contributed by atoms with Crippen LogP contribution in [0.1, 0.15) is 0 Å². The molecule has 4 nitrogen and oxygen atoms in total.